The molecule has 1 aliphatic heterocycles. The first-order valence-electron chi connectivity index (χ1n) is 4.74. The summed E-state index contributed by atoms with van der Waals surface area (Å²) in [6.07, 6.45) is -0.470. The lowest BCUT2D eigenvalue weighted by Crippen LogP contribution is -2.34. The number of amides is 1. The molecule has 1 atom stereocenters. The van der Waals surface area contributed by atoms with Crippen LogP contribution in [0.15, 0.2) is 18.2 Å². The average molecular weight is 237 g/mol. The molecule has 1 aliphatic rings. The maximum absolute atomic E-state index is 11.4. The molecule has 1 amide bonds. The van der Waals surface area contributed by atoms with Crippen molar-refractivity contribution in [3.63, 3.8) is 0 Å². The van der Waals surface area contributed by atoms with E-state index in [0.717, 1.165) is 0 Å². The Morgan fingerprint density at radius 1 is 1.62 bits per heavy atom. The molecule has 1 aromatic carbocycles. The molecule has 0 fully saturated rings. The van der Waals surface area contributed by atoms with E-state index in [2.05, 4.69) is 10.6 Å². The van der Waals surface area contributed by atoms with Crippen LogP contribution in [0.1, 0.15) is 6.92 Å². The molecule has 6 heteroatoms. The van der Waals surface area contributed by atoms with Gasteiger partial charge in [-0.15, -0.1) is 0 Å². The number of ether oxygens (including phenoxy) is 1. The van der Waals surface area contributed by atoms with E-state index in [4.69, 9.17) is 22.7 Å². The van der Waals surface area contributed by atoms with Crippen LogP contribution < -0.4 is 21.1 Å². The minimum Gasteiger partial charge on any atom is -0.479 e. The van der Waals surface area contributed by atoms with Crippen molar-refractivity contribution in [1.29, 1.82) is 0 Å². The summed E-state index contributed by atoms with van der Waals surface area (Å²) in [5.41, 5.74) is 6.68. The molecule has 5 nitrogen and oxygen atoms in total. The summed E-state index contributed by atoms with van der Waals surface area (Å²) in [5.74, 6) is 0.473. The maximum Gasteiger partial charge on any atom is 0.265 e. The van der Waals surface area contributed by atoms with Gasteiger partial charge in [0, 0.05) is 5.69 Å². The van der Waals surface area contributed by atoms with Crippen molar-refractivity contribution in [3.05, 3.63) is 18.2 Å². The summed E-state index contributed by atoms with van der Waals surface area (Å²) in [5, 5.41) is 5.70. The SMILES string of the molecule is CC1Oc2ccc(NC(N)=S)cc2NC1=O. The summed E-state index contributed by atoms with van der Waals surface area (Å²) < 4.78 is 5.40. The molecule has 0 saturated carbocycles. The quantitative estimate of drug-likeness (QED) is 0.637. The third-order valence-electron chi connectivity index (χ3n) is 2.18. The van der Waals surface area contributed by atoms with Crippen molar-refractivity contribution in [1.82, 2.24) is 0 Å². The number of benzene rings is 1. The molecule has 0 bridgehead atoms. The fourth-order valence-electron chi connectivity index (χ4n) is 1.43. The highest BCUT2D eigenvalue weighted by Crippen LogP contribution is 2.31. The van der Waals surface area contributed by atoms with Gasteiger partial charge in [-0.05, 0) is 37.3 Å². The molecule has 2 rings (SSSR count). The summed E-state index contributed by atoms with van der Waals surface area (Å²) >= 11 is 4.72. The second-order valence-corrected chi connectivity index (χ2v) is 3.89. The Morgan fingerprint density at radius 2 is 2.38 bits per heavy atom. The monoisotopic (exact) mass is 237 g/mol. The Balaban J connectivity index is 2.29. The lowest BCUT2D eigenvalue weighted by Gasteiger charge is -2.23. The van der Waals surface area contributed by atoms with E-state index in [1.54, 1.807) is 25.1 Å². The Morgan fingerprint density at radius 3 is 3.06 bits per heavy atom. The summed E-state index contributed by atoms with van der Waals surface area (Å²) in [6.45, 7) is 1.69. The fraction of sp³-hybridized carbons (Fsp3) is 0.200. The first-order valence-corrected chi connectivity index (χ1v) is 5.15. The number of hydrogen-bond acceptors (Lipinski definition) is 3. The summed E-state index contributed by atoms with van der Waals surface area (Å²) in [6, 6.07) is 5.26. The summed E-state index contributed by atoms with van der Waals surface area (Å²) in [4.78, 5) is 11.4. The van der Waals surface area contributed by atoms with Crippen LogP contribution in [-0.4, -0.2) is 17.1 Å². The predicted octanol–water partition coefficient (Wildman–Crippen LogP) is 1.06. The van der Waals surface area contributed by atoms with E-state index in [0.29, 0.717) is 17.1 Å². The number of anilines is 2. The fourth-order valence-corrected chi connectivity index (χ4v) is 1.55. The Labute approximate surface area is 98.0 Å². The van der Waals surface area contributed by atoms with Gasteiger partial charge in [0.1, 0.15) is 5.75 Å². The lowest BCUT2D eigenvalue weighted by atomic mass is 10.2. The Hall–Kier alpha value is -1.82. The molecule has 4 N–H and O–H groups in total. The van der Waals surface area contributed by atoms with Crippen molar-refractivity contribution in [2.24, 2.45) is 5.73 Å². The lowest BCUT2D eigenvalue weighted by molar-refractivity contribution is -0.122. The van der Waals surface area contributed by atoms with Crippen molar-refractivity contribution < 1.29 is 9.53 Å². The first kappa shape index (κ1) is 10.7. The zero-order valence-corrected chi connectivity index (χ0v) is 9.43. The molecule has 0 aliphatic carbocycles. The van der Waals surface area contributed by atoms with Gasteiger partial charge in [-0.25, -0.2) is 0 Å². The number of fused-ring (bicyclic) bond motifs is 1. The van der Waals surface area contributed by atoms with Crippen LogP contribution in [0.25, 0.3) is 0 Å². The van der Waals surface area contributed by atoms with Gasteiger partial charge in [0.2, 0.25) is 0 Å². The van der Waals surface area contributed by atoms with Gasteiger partial charge in [0.25, 0.3) is 5.91 Å². The molecular formula is C10H11N3O2S. The van der Waals surface area contributed by atoms with E-state index >= 15 is 0 Å². The smallest absolute Gasteiger partial charge is 0.265 e. The molecule has 84 valence electrons. The molecule has 0 spiro atoms. The number of nitrogens with two attached hydrogens (primary N) is 1. The standard InChI is InChI=1S/C10H11N3O2S/c1-5-9(14)13-7-4-6(12-10(11)16)2-3-8(7)15-5/h2-5H,1H3,(H,13,14)(H3,11,12,16). The van der Waals surface area contributed by atoms with E-state index in [-0.39, 0.29) is 11.0 Å². The molecular weight excluding hydrogens is 226 g/mol. The first-order chi connectivity index (χ1) is 7.56. The Bertz CT molecular complexity index is 461. The molecule has 0 radical (unpaired) electrons. The molecule has 16 heavy (non-hydrogen) atoms. The van der Waals surface area contributed by atoms with Crippen LogP contribution in [0, 0.1) is 0 Å². The third kappa shape index (κ3) is 2.06. The van der Waals surface area contributed by atoms with Crippen LogP contribution in [0.2, 0.25) is 0 Å². The van der Waals surface area contributed by atoms with Crippen molar-refractivity contribution >= 4 is 34.6 Å². The number of carbonyl (C=O) groups is 1. The minimum atomic E-state index is -0.470. The van der Waals surface area contributed by atoms with Gasteiger partial charge in [0.05, 0.1) is 5.69 Å². The van der Waals surface area contributed by atoms with Crippen LogP contribution in [0.3, 0.4) is 0 Å². The van der Waals surface area contributed by atoms with Crippen LogP contribution in [0.4, 0.5) is 11.4 Å². The highest BCUT2D eigenvalue weighted by Gasteiger charge is 2.23. The van der Waals surface area contributed by atoms with Crippen molar-refractivity contribution in [2.75, 3.05) is 10.6 Å². The van der Waals surface area contributed by atoms with Crippen LogP contribution >= 0.6 is 12.2 Å². The zero-order chi connectivity index (χ0) is 11.7. The number of carbonyl (C=O) groups excluding carboxylic acids is 1. The van der Waals surface area contributed by atoms with Gasteiger partial charge in [0.15, 0.2) is 11.2 Å². The Kier molecular flexibility index (Phi) is 2.66. The second kappa shape index (κ2) is 3.97. The third-order valence-corrected chi connectivity index (χ3v) is 2.28. The zero-order valence-electron chi connectivity index (χ0n) is 8.61. The molecule has 1 heterocycles. The number of hydrogen-bond donors (Lipinski definition) is 3. The molecule has 0 saturated heterocycles. The van der Waals surface area contributed by atoms with Crippen LogP contribution in [0.5, 0.6) is 5.75 Å². The van der Waals surface area contributed by atoms with Gasteiger partial charge in [-0.2, -0.15) is 0 Å². The van der Waals surface area contributed by atoms with Gasteiger partial charge in [-0.3, -0.25) is 4.79 Å². The van der Waals surface area contributed by atoms with E-state index in [1.807, 2.05) is 0 Å². The van der Waals surface area contributed by atoms with Gasteiger partial charge < -0.3 is 21.1 Å². The topological polar surface area (TPSA) is 76.4 Å². The van der Waals surface area contributed by atoms with E-state index in [1.165, 1.54) is 0 Å². The molecule has 1 aromatic rings. The highest BCUT2D eigenvalue weighted by atomic mass is 32.1. The minimum absolute atomic E-state index is 0.167. The number of rotatable bonds is 1. The number of nitrogens with one attached hydrogen (secondary N) is 2. The molecule has 1 unspecified atom stereocenters. The predicted molar refractivity (Wildman–Crippen MR) is 65.6 cm³/mol. The van der Waals surface area contributed by atoms with E-state index < -0.39 is 6.10 Å². The van der Waals surface area contributed by atoms with Crippen LogP contribution in [-0.2, 0) is 4.79 Å². The van der Waals surface area contributed by atoms with E-state index in [9.17, 15) is 4.79 Å². The molecule has 0 aromatic heterocycles. The van der Waals surface area contributed by atoms with Crippen molar-refractivity contribution in [3.8, 4) is 5.75 Å². The highest BCUT2D eigenvalue weighted by molar-refractivity contribution is 7.80. The van der Waals surface area contributed by atoms with Crippen molar-refractivity contribution in [2.45, 2.75) is 13.0 Å². The summed E-state index contributed by atoms with van der Waals surface area (Å²) in [7, 11) is 0. The number of thiocarbonyl (C=S) groups is 1. The second-order valence-electron chi connectivity index (χ2n) is 3.45. The van der Waals surface area contributed by atoms with Gasteiger partial charge in [-0.1, -0.05) is 0 Å². The maximum atomic E-state index is 11.4. The normalized spacial score (nSPS) is 18.1. The average Bonchev–Trinajstić information content (AvgIpc) is 2.19. The largest absolute Gasteiger partial charge is 0.479 e. The van der Waals surface area contributed by atoms with Gasteiger partial charge >= 0.3 is 0 Å².